The van der Waals surface area contributed by atoms with E-state index in [0.717, 1.165) is 43.5 Å². The fraction of sp³-hybridized carbons (Fsp3) is 0.765. The highest BCUT2D eigenvalue weighted by atomic mass is 35.5. The Morgan fingerprint density at radius 3 is 2.61 bits per heavy atom. The summed E-state index contributed by atoms with van der Waals surface area (Å²) in [6.07, 6.45) is 2.53. The maximum atomic E-state index is 12.2. The van der Waals surface area contributed by atoms with Crippen molar-refractivity contribution in [3.8, 4) is 0 Å². The van der Waals surface area contributed by atoms with E-state index in [-0.39, 0.29) is 11.8 Å². The second kappa shape index (κ2) is 8.15. The van der Waals surface area contributed by atoms with Crippen LogP contribution in [0.3, 0.4) is 0 Å². The summed E-state index contributed by atoms with van der Waals surface area (Å²) in [4.78, 5) is 14.7. The number of hydrogen-bond donors (Lipinski definition) is 1. The average Bonchev–Trinajstić information content (AvgIpc) is 2.76. The van der Waals surface area contributed by atoms with Crippen molar-refractivity contribution in [3.05, 3.63) is 16.4 Å². The van der Waals surface area contributed by atoms with Crippen molar-refractivity contribution in [2.24, 2.45) is 11.8 Å². The largest absolute Gasteiger partial charge is 0.355 e. The molecule has 0 aromatic carbocycles. The van der Waals surface area contributed by atoms with Gasteiger partial charge in [-0.25, -0.2) is 0 Å². The molecule has 5 nitrogen and oxygen atoms in total. The lowest BCUT2D eigenvalue weighted by Gasteiger charge is -2.30. The highest BCUT2D eigenvalue weighted by molar-refractivity contribution is 6.31. The van der Waals surface area contributed by atoms with Crippen LogP contribution in [0.4, 0.5) is 0 Å². The summed E-state index contributed by atoms with van der Waals surface area (Å²) >= 11 is 6.15. The van der Waals surface area contributed by atoms with Crippen molar-refractivity contribution in [2.45, 2.75) is 47.1 Å². The lowest BCUT2D eigenvalue weighted by Crippen LogP contribution is -2.41. The molecule has 1 aromatic heterocycles. The molecule has 1 aromatic rings. The van der Waals surface area contributed by atoms with Crippen molar-refractivity contribution in [3.63, 3.8) is 0 Å². The molecule has 23 heavy (non-hydrogen) atoms. The lowest BCUT2D eigenvalue weighted by atomic mass is 9.99. The predicted molar refractivity (Wildman–Crippen MR) is 93.7 cm³/mol. The molecule has 1 N–H and O–H groups in total. The number of likely N-dealkylation sites (tertiary alicyclic amines) is 1. The van der Waals surface area contributed by atoms with Gasteiger partial charge in [-0.3, -0.25) is 9.48 Å². The Balaban J connectivity index is 1.73. The van der Waals surface area contributed by atoms with Crippen LogP contribution in [0, 0.1) is 25.7 Å². The minimum Gasteiger partial charge on any atom is -0.355 e. The summed E-state index contributed by atoms with van der Waals surface area (Å²) in [5.74, 6) is 0.804. The van der Waals surface area contributed by atoms with Gasteiger partial charge in [0.2, 0.25) is 5.91 Å². The average molecular weight is 341 g/mol. The second-order valence-corrected chi connectivity index (χ2v) is 7.26. The van der Waals surface area contributed by atoms with E-state index < -0.39 is 0 Å². The van der Waals surface area contributed by atoms with Crippen LogP contribution < -0.4 is 5.32 Å². The van der Waals surface area contributed by atoms with E-state index in [4.69, 9.17) is 11.6 Å². The summed E-state index contributed by atoms with van der Waals surface area (Å²) in [5.41, 5.74) is 1.74. The van der Waals surface area contributed by atoms with E-state index in [2.05, 4.69) is 22.2 Å². The van der Waals surface area contributed by atoms with Crippen molar-refractivity contribution in [1.29, 1.82) is 0 Å². The molecule has 1 aliphatic heterocycles. The fourth-order valence-corrected chi connectivity index (χ4v) is 3.13. The standard InChI is InChI=1S/C17H29ClN4O/c1-12-5-8-21(9-6-12)10-7-19-17(23)13(2)11-22-15(4)16(18)14(3)20-22/h12-13H,5-11H2,1-4H3,(H,19,23). The monoisotopic (exact) mass is 340 g/mol. The Morgan fingerprint density at radius 1 is 1.39 bits per heavy atom. The summed E-state index contributed by atoms with van der Waals surface area (Å²) in [7, 11) is 0. The Hall–Kier alpha value is -1.07. The highest BCUT2D eigenvalue weighted by Gasteiger charge is 2.18. The van der Waals surface area contributed by atoms with Gasteiger partial charge in [0.1, 0.15) is 0 Å². The molecule has 0 spiro atoms. The molecule has 0 saturated carbocycles. The summed E-state index contributed by atoms with van der Waals surface area (Å²) in [6, 6.07) is 0. The first kappa shape index (κ1) is 18.3. The number of carbonyl (C=O) groups excluding carboxylic acids is 1. The first-order chi connectivity index (χ1) is 10.9. The van der Waals surface area contributed by atoms with Crippen molar-refractivity contribution < 1.29 is 4.79 Å². The maximum Gasteiger partial charge on any atom is 0.224 e. The molecule has 1 saturated heterocycles. The quantitative estimate of drug-likeness (QED) is 0.866. The number of hydrogen-bond acceptors (Lipinski definition) is 3. The normalized spacial score (nSPS) is 18.1. The zero-order chi connectivity index (χ0) is 17.0. The zero-order valence-corrected chi connectivity index (χ0v) is 15.5. The summed E-state index contributed by atoms with van der Waals surface area (Å²) in [6.45, 7) is 12.6. The number of rotatable bonds is 6. The van der Waals surface area contributed by atoms with Crippen LogP contribution in [-0.4, -0.2) is 46.8 Å². The van der Waals surface area contributed by atoms with Gasteiger partial charge >= 0.3 is 0 Å². The first-order valence-electron chi connectivity index (χ1n) is 8.58. The van der Waals surface area contributed by atoms with Gasteiger partial charge in [-0.15, -0.1) is 0 Å². The van der Waals surface area contributed by atoms with Crippen LogP contribution in [0.25, 0.3) is 0 Å². The minimum atomic E-state index is -0.120. The van der Waals surface area contributed by atoms with Gasteiger partial charge in [-0.05, 0) is 45.7 Å². The van der Waals surface area contributed by atoms with Crippen LogP contribution in [-0.2, 0) is 11.3 Å². The molecule has 1 amide bonds. The molecule has 1 unspecified atom stereocenters. The predicted octanol–water partition coefficient (Wildman–Crippen LogP) is 2.64. The molecule has 1 fully saturated rings. The molecular weight excluding hydrogens is 312 g/mol. The van der Waals surface area contributed by atoms with Crippen molar-refractivity contribution in [2.75, 3.05) is 26.2 Å². The molecule has 1 aliphatic rings. The molecule has 2 rings (SSSR count). The minimum absolute atomic E-state index is 0.0825. The number of aryl methyl sites for hydroxylation is 1. The third kappa shape index (κ3) is 4.95. The van der Waals surface area contributed by atoms with Gasteiger partial charge < -0.3 is 10.2 Å². The van der Waals surface area contributed by atoms with E-state index in [0.29, 0.717) is 11.6 Å². The molecule has 0 aliphatic carbocycles. The number of carbonyl (C=O) groups is 1. The van der Waals surface area contributed by atoms with Crippen molar-refractivity contribution >= 4 is 17.5 Å². The van der Waals surface area contributed by atoms with E-state index in [1.54, 1.807) is 0 Å². The van der Waals surface area contributed by atoms with Crippen molar-refractivity contribution in [1.82, 2.24) is 20.0 Å². The van der Waals surface area contributed by atoms with E-state index >= 15 is 0 Å². The molecule has 2 heterocycles. The van der Waals surface area contributed by atoms with E-state index in [1.807, 2.05) is 25.5 Å². The van der Waals surface area contributed by atoms with E-state index in [9.17, 15) is 4.79 Å². The summed E-state index contributed by atoms with van der Waals surface area (Å²) in [5, 5.41) is 8.13. The number of aromatic nitrogens is 2. The number of nitrogens with one attached hydrogen (secondary N) is 1. The third-order valence-corrected chi connectivity index (χ3v) is 5.34. The lowest BCUT2D eigenvalue weighted by molar-refractivity contribution is -0.125. The van der Waals surface area contributed by atoms with Gasteiger partial charge in [0.15, 0.2) is 0 Å². The van der Waals surface area contributed by atoms with Gasteiger partial charge in [0.25, 0.3) is 0 Å². The Kier molecular flexibility index (Phi) is 6.48. The van der Waals surface area contributed by atoms with Gasteiger partial charge in [-0.2, -0.15) is 5.10 Å². The number of piperidine rings is 1. The Bertz CT molecular complexity index is 535. The van der Waals surface area contributed by atoms with Gasteiger partial charge in [-0.1, -0.05) is 25.4 Å². The SMILES string of the molecule is Cc1nn(CC(C)C(=O)NCCN2CCC(C)CC2)c(C)c1Cl. The molecule has 130 valence electrons. The van der Waals surface area contributed by atoms with Crippen LogP contribution in [0.1, 0.15) is 38.1 Å². The topological polar surface area (TPSA) is 50.2 Å². The molecule has 0 radical (unpaired) electrons. The van der Waals surface area contributed by atoms with Gasteiger partial charge in [0.05, 0.1) is 28.9 Å². The number of amides is 1. The van der Waals surface area contributed by atoms with Crippen LogP contribution >= 0.6 is 11.6 Å². The van der Waals surface area contributed by atoms with Crippen LogP contribution in [0.5, 0.6) is 0 Å². The number of halogens is 1. The summed E-state index contributed by atoms with van der Waals surface area (Å²) < 4.78 is 1.83. The first-order valence-corrected chi connectivity index (χ1v) is 8.95. The molecule has 6 heteroatoms. The second-order valence-electron chi connectivity index (χ2n) is 6.88. The number of nitrogens with zero attached hydrogens (tertiary/aromatic N) is 3. The molecule has 1 atom stereocenters. The molecular formula is C17H29ClN4O. The smallest absolute Gasteiger partial charge is 0.224 e. The Labute approximate surface area is 144 Å². The van der Waals surface area contributed by atoms with Gasteiger partial charge in [0, 0.05) is 13.1 Å². The third-order valence-electron chi connectivity index (χ3n) is 4.79. The maximum absolute atomic E-state index is 12.2. The van der Waals surface area contributed by atoms with Crippen LogP contribution in [0.2, 0.25) is 5.02 Å². The van der Waals surface area contributed by atoms with E-state index in [1.165, 1.54) is 12.8 Å². The fourth-order valence-electron chi connectivity index (χ4n) is 2.99. The Morgan fingerprint density at radius 2 is 2.04 bits per heavy atom. The zero-order valence-electron chi connectivity index (χ0n) is 14.7. The van der Waals surface area contributed by atoms with Crippen LogP contribution in [0.15, 0.2) is 0 Å². The highest BCUT2D eigenvalue weighted by Crippen LogP contribution is 2.20. The molecule has 0 bridgehead atoms.